The molecule has 39 heavy (non-hydrogen) atoms. The van der Waals surface area contributed by atoms with Crippen LogP contribution in [-0.2, 0) is 9.59 Å². The molecule has 1 fully saturated rings. The third-order valence-electron chi connectivity index (χ3n) is 6.31. The van der Waals surface area contributed by atoms with Crippen molar-refractivity contribution in [2.75, 3.05) is 11.4 Å². The molecule has 0 saturated carbocycles. The Balaban J connectivity index is 1.30. The van der Waals surface area contributed by atoms with E-state index in [1.807, 2.05) is 54.6 Å². The molecule has 0 radical (unpaired) electrons. The Morgan fingerprint density at radius 2 is 1.49 bits per heavy atom. The molecule has 4 aromatic rings. The molecule has 2 amide bonds. The molecule has 0 aliphatic carbocycles. The van der Waals surface area contributed by atoms with Gasteiger partial charge in [-0.1, -0.05) is 72.1 Å². The topological polar surface area (TPSA) is 93.1 Å². The summed E-state index contributed by atoms with van der Waals surface area (Å²) in [4.78, 5) is 31.4. The van der Waals surface area contributed by atoms with Crippen LogP contribution in [0.15, 0.2) is 112 Å². The number of nitrogens with zero attached hydrogens (tertiary/aromatic N) is 2. The number of para-hydroxylation sites is 2. The Morgan fingerprint density at radius 1 is 0.846 bits per heavy atom. The minimum Gasteiger partial charge on any atom is -0.508 e. The minimum absolute atomic E-state index is 0.0843. The first-order chi connectivity index (χ1) is 19.0. The average molecular weight is 554 g/mol. The molecule has 0 spiro atoms. The van der Waals surface area contributed by atoms with E-state index < -0.39 is 5.37 Å². The number of anilines is 2. The predicted octanol–water partition coefficient (Wildman–Crippen LogP) is 6.05. The van der Waals surface area contributed by atoms with Gasteiger partial charge in [0, 0.05) is 9.79 Å². The molecular formula is C30H23N3O4S2. The summed E-state index contributed by atoms with van der Waals surface area (Å²) in [6.45, 7) is -0.131. The van der Waals surface area contributed by atoms with Gasteiger partial charge in [-0.2, -0.15) is 0 Å². The number of hydrogen-bond donors (Lipinski definition) is 3. The van der Waals surface area contributed by atoms with Crippen molar-refractivity contribution in [3.8, 4) is 11.5 Å². The van der Waals surface area contributed by atoms with Crippen LogP contribution in [0, 0.1) is 0 Å². The second-order valence-electron chi connectivity index (χ2n) is 8.95. The minimum atomic E-state index is -0.516. The number of phenolic OH excluding ortho intramolecular Hbond substituents is 2. The van der Waals surface area contributed by atoms with E-state index in [0.717, 1.165) is 21.2 Å². The average Bonchev–Trinajstić information content (AvgIpc) is 3.25. The summed E-state index contributed by atoms with van der Waals surface area (Å²) >= 11 is 2.93. The lowest BCUT2D eigenvalue weighted by Gasteiger charge is -2.32. The molecule has 4 aromatic carbocycles. The molecule has 2 aliphatic rings. The van der Waals surface area contributed by atoms with E-state index in [9.17, 15) is 19.8 Å². The zero-order valence-electron chi connectivity index (χ0n) is 20.5. The Kier molecular flexibility index (Phi) is 6.78. The lowest BCUT2D eigenvalue weighted by atomic mass is 10.2. The van der Waals surface area contributed by atoms with Crippen LogP contribution in [0.25, 0.3) is 6.08 Å². The van der Waals surface area contributed by atoms with Gasteiger partial charge in [-0.3, -0.25) is 19.5 Å². The Labute approximate surface area is 233 Å². The van der Waals surface area contributed by atoms with E-state index in [-0.39, 0.29) is 29.9 Å². The number of amides is 2. The van der Waals surface area contributed by atoms with Crippen molar-refractivity contribution in [2.24, 2.45) is 0 Å². The fraction of sp³-hybridized carbons (Fsp3) is 0.0667. The summed E-state index contributed by atoms with van der Waals surface area (Å²) in [6, 6.07) is 28.9. The fourth-order valence-corrected chi connectivity index (χ4v) is 6.83. The molecule has 3 N–H and O–H groups in total. The van der Waals surface area contributed by atoms with Gasteiger partial charge in [0.25, 0.3) is 5.91 Å². The second-order valence-corrected chi connectivity index (χ2v) is 11.2. The van der Waals surface area contributed by atoms with E-state index in [2.05, 4.69) is 5.43 Å². The quantitative estimate of drug-likeness (QED) is 0.259. The molecule has 194 valence electrons. The van der Waals surface area contributed by atoms with Crippen LogP contribution in [0.5, 0.6) is 11.5 Å². The number of phenols is 2. The maximum atomic E-state index is 13.7. The van der Waals surface area contributed by atoms with Crippen molar-refractivity contribution < 1.29 is 19.8 Å². The molecule has 0 bridgehead atoms. The first-order valence-electron chi connectivity index (χ1n) is 12.2. The molecule has 2 heterocycles. The van der Waals surface area contributed by atoms with E-state index in [1.54, 1.807) is 65.2 Å². The largest absolute Gasteiger partial charge is 0.508 e. The monoisotopic (exact) mass is 553 g/mol. The molecule has 1 atom stereocenters. The van der Waals surface area contributed by atoms with Crippen molar-refractivity contribution in [3.05, 3.63) is 113 Å². The predicted molar refractivity (Wildman–Crippen MR) is 154 cm³/mol. The number of thioether (sulfide) groups is 1. The number of hydrogen-bond acceptors (Lipinski definition) is 7. The molecule has 7 nitrogen and oxygen atoms in total. The lowest BCUT2D eigenvalue weighted by molar-refractivity contribution is -0.130. The van der Waals surface area contributed by atoms with Crippen molar-refractivity contribution in [1.29, 1.82) is 0 Å². The van der Waals surface area contributed by atoms with Crippen molar-refractivity contribution in [2.45, 2.75) is 15.2 Å². The number of fused-ring (bicyclic) bond motifs is 2. The van der Waals surface area contributed by atoms with Gasteiger partial charge < -0.3 is 10.2 Å². The third kappa shape index (κ3) is 4.99. The molecule has 9 heteroatoms. The Morgan fingerprint density at radius 3 is 2.15 bits per heavy atom. The van der Waals surface area contributed by atoms with Gasteiger partial charge >= 0.3 is 0 Å². The van der Waals surface area contributed by atoms with Gasteiger partial charge in [-0.15, -0.1) is 0 Å². The highest BCUT2D eigenvalue weighted by atomic mass is 32.2. The van der Waals surface area contributed by atoms with Gasteiger partial charge in [0.2, 0.25) is 5.91 Å². The maximum absolute atomic E-state index is 13.7. The van der Waals surface area contributed by atoms with Crippen LogP contribution < -0.4 is 10.3 Å². The number of nitrogens with one attached hydrogen (secondary N) is 1. The SMILES string of the molecule is O=C(CNN1C(=O)/C(=C/c2cccc(O)c2)SC1c1cccc(O)c1)N1c2ccccc2Sc2ccccc21. The number of carbonyl (C=O) groups excluding carboxylic acids is 2. The Hall–Kier alpha value is -4.18. The molecule has 1 saturated heterocycles. The van der Waals surface area contributed by atoms with Crippen LogP contribution in [0.2, 0.25) is 0 Å². The fourth-order valence-electron chi connectivity index (χ4n) is 4.57. The van der Waals surface area contributed by atoms with Crippen molar-refractivity contribution in [1.82, 2.24) is 10.4 Å². The molecule has 1 unspecified atom stereocenters. The standard InChI is InChI=1S/C30H23N3O4S2/c34-21-9-5-7-19(15-21)16-27-29(37)33(30(39-27)20-8-6-10-22(35)17-20)31-18-28(36)32-23-11-1-3-13-25(23)38-26-14-4-2-12-24(26)32/h1-17,30-31,34-35H,18H2/b27-16-. The smallest absolute Gasteiger partial charge is 0.275 e. The zero-order chi connectivity index (χ0) is 26.9. The summed E-state index contributed by atoms with van der Waals surface area (Å²) < 4.78 is 0. The normalized spacial score (nSPS) is 17.3. The van der Waals surface area contributed by atoms with E-state index in [0.29, 0.717) is 16.0 Å². The number of carbonyl (C=O) groups is 2. The summed E-state index contributed by atoms with van der Waals surface area (Å²) in [5.41, 5.74) is 6.05. The zero-order valence-corrected chi connectivity index (χ0v) is 22.2. The molecule has 2 aliphatic heterocycles. The van der Waals surface area contributed by atoms with Gasteiger partial charge in [0.05, 0.1) is 22.8 Å². The summed E-state index contributed by atoms with van der Waals surface area (Å²) in [5, 5.41) is 20.9. The molecule has 0 aromatic heterocycles. The molecular weight excluding hydrogens is 530 g/mol. The van der Waals surface area contributed by atoms with Crippen molar-refractivity contribution in [3.63, 3.8) is 0 Å². The highest BCUT2D eigenvalue weighted by Crippen LogP contribution is 2.48. The van der Waals surface area contributed by atoms with Gasteiger partial charge in [0.15, 0.2) is 0 Å². The van der Waals surface area contributed by atoms with Crippen LogP contribution in [0.3, 0.4) is 0 Å². The number of benzene rings is 4. The van der Waals surface area contributed by atoms with Crippen LogP contribution in [0.1, 0.15) is 16.5 Å². The van der Waals surface area contributed by atoms with E-state index >= 15 is 0 Å². The van der Waals surface area contributed by atoms with Gasteiger partial charge in [-0.25, -0.2) is 5.43 Å². The van der Waals surface area contributed by atoms with Crippen LogP contribution >= 0.6 is 23.5 Å². The van der Waals surface area contributed by atoms with E-state index in [4.69, 9.17) is 0 Å². The van der Waals surface area contributed by atoms with Gasteiger partial charge in [0.1, 0.15) is 16.9 Å². The van der Waals surface area contributed by atoms with Crippen LogP contribution in [-0.4, -0.2) is 33.6 Å². The summed E-state index contributed by atoms with van der Waals surface area (Å²) in [6.07, 6.45) is 1.71. The lowest BCUT2D eigenvalue weighted by Crippen LogP contribution is -2.46. The highest BCUT2D eigenvalue weighted by molar-refractivity contribution is 8.04. The number of hydrazine groups is 1. The summed E-state index contributed by atoms with van der Waals surface area (Å²) in [5.74, 6) is -0.335. The maximum Gasteiger partial charge on any atom is 0.275 e. The number of rotatable bonds is 5. The number of aromatic hydroxyl groups is 2. The van der Waals surface area contributed by atoms with E-state index in [1.165, 1.54) is 16.8 Å². The van der Waals surface area contributed by atoms with Crippen molar-refractivity contribution >= 4 is 52.8 Å². The first-order valence-corrected chi connectivity index (χ1v) is 13.9. The highest BCUT2D eigenvalue weighted by Gasteiger charge is 2.38. The summed E-state index contributed by atoms with van der Waals surface area (Å²) in [7, 11) is 0. The molecule has 6 rings (SSSR count). The first kappa shape index (κ1) is 25.1. The second kappa shape index (κ2) is 10.5. The third-order valence-corrected chi connectivity index (χ3v) is 8.69. The van der Waals surface area contributed by atoms with Crippen LogP contribution in [0.4, 0.5) is 11.4 Å². The Bertz CT molecular complexity index is 1580. The van der Waals surface area contributed by atoms with Gasteiger partial charge in [-0.05, 0) is 65.7 Å².